The summed E-state index contributed by atoms with van der Waals surface area (Å²) in [7, 11) is 4.68. The van der Waals surface area contributed by atoms with E-state index in [1.165, 1.54) is 33.9 Å². The van der Waals surface area contributed by atoms with Crippen LogP contribution in [0, 0.1) is 52.8 Å². The maximum absolute atomic E-state index is 16.9. The molecule has 19 heteroatoms. The Labute approximate surface area is 426 Å². The van der Waals surface area contributed by atoms with Gasteiger partial charge < -0.3 is 53.8 Å². The molecule has 1 aliphatic heterocycles. The minimum Gasteiger partial charge on any atom is -0.449 e. The number of alkyl halides is 1. The Bertz CT molecular complexity index is 2020. The first-order valence-electron chi connectivity index (χ1n) is 25.8. The lowest BCUT2D eigenvalue weighted by Gasteiger charge is -2.58. The molecule has 4 saturated carbocycles. The Morgan fingerprint density at radius 1 is 0.972 bits per heavy atom. The molecule has 1 saturated heterocycles. The number of Topliss-reactive ketones (excluding diaryl/α,β-unsaturated/α-hetero) is 1. The van der Waals surface area contributed by atoms with Crippen molar-refractivity contribution in [1.29, 1.82) is 0 Å². The quantitative estimate of drug-likeness (QED) is 0.0490. The topological polar surface area (TPSA) is 197 Å². The van der Waals surface area contributed by atoms with Gasteiger partial charge in [0.2, 0.25) is 11.7 Å². The predicted octanol–water partition coefficient (Wildman–Crippen LogP) is 6.38. The monoisotopic (exact) mass is 1030 g/mol. The van der Waals surface area contributed by atoms with Crippen molar-refractivity contribution in [3.63, 3.8) is 0 Å². The summed E-state index contributed by atoms with van der Waals surface area (Å²) in [5.41, 5.74) is -3.96. The molecule has 7 aliphatic rings. The highest BCUT2D eigenvalue weighted by molar-refractivity contribution is 8.77. The number of ketones is 2. The number of halogens is 1. The van der Waals surface area contributed by atoms with Gasteiger partial charge in [0, 0.05) is 67.8 Å². The zero-order valence-electron chi connectivity index (χ0n) is 42.2. The van der Waals surface area contributed by atoms with Crippen molar-refractivity contribution in [3.05, 3.63) is 23.8 Å². The molecule has 0 radical (unpaired) electrons. The second-order valence-corrected chi connectivity index (χ2v) is 24.1. The van der Waals surface area contributed by atoms with Crippen LogP contribution in [0.1, 0.15) is 98.3 Å². The molecule has 1 heterocycles. The Morgan fingerprint density at radius 3 is 2.34 bits per heavy atom. The molecule has 396 valence electrons. The van der Waals surface area contributed by atoms with Crippen LogP contribution in [-0.4, -0.2) is 159 Å². The van der Waals surface area contributed by atoms with Crippen LogP contribution >= 0.6 is 21.6 Å². The summed E-state index contributed by atoms with van der Waals surface area (Å²) in [5, 5.41) is 17.4. The molecule has 0 aromatic carbocycles. The zero-order valence-corrected chi connectivity index (χ0v) is 43.8. The number of rotatable bonds is 26. The average molecular weight is 1030 g/mol. The first-order chi connectivity index (χ1) is 34.0. The molecule has 3 amide bonds. The highest BCUT2D eigenvalue weighted by Gasteiger charge is 2.76. The maximum Gasteiger partial charge on any atom is 0.409 e. The number of carbonyl (C=O) groups excluding carboxylic acids is 5. The van der Waals surface area contributed by atoms with Gasteiger partial charge in [0.1, 0.15) is 0 Å². The van der Waals surface area contributed by atoms with Gasteiger partial charge in [0.05, 0.1) is 58.5 Å². The van der Waals surface area contributed by atoms with E-state index in [4.69, 9.17) is 33.2 Å². The summed E-state index contributed by atoms with van der Waals surface area (Å²) in [6, 6.07) is 0. The van der Waals surface area contributed by atoms with Crippen LogP contribution in [0.4, 0.5) is 14.0 Å². The fourth-order valence-electron chi connectivity index (χ4n) is 12.4. The zero-order chi connectivity index (χ0) is 50.8. The average Bonchev–Trinajstić information content (AvgIpc) is 3.69. The first-order valence-corrected chi connectivity index (χ1v) is 28.1. The van der Waals surface area contributed by atoms with Gasteiger partial charge in [0.25, 0.3) is 0 Å². The lowest BCUT2D eigenvalue weighted by molar-refractivity contribution is -0.202. The second-order valence-electron chi connectivity index (χ2n) is 21.0. The molecule has 0 bridgehead atoms. The van der Waals surface area contributed by atoms with Crippen LogP contribution in [0.25, 0.3) is 0 Å². The van der Waals surface area contributed by atoms with Gasteiger partial charge >= 0.3 is 12.2 Å². The highest BCUT2D eigenvalue weighted by Crippen LogP contribution is 2.69. The fourth-order valence-corrected chi connectivity index (χ4v) is 15.0. The van der Waals surface area contributed by atoms with E-state index in [-0.39, 0.29) is 36.4 Å². The molecule has 0 spiro atoms. The number of alkyl carbamates (subject to hydrolysis) is 1. The van der Waals surface area contributed by atoms with Crippen LogP contribution < -0.4 is 10.6 Å². The van der Waals surface area contributed by atoms with E-state index in [1.54, 1.807) is 17.8 Å². The predicted molar refractivity (Wildman–Crippen MR) is 266 cm³/mol. The van der Waals surface area contributed by atoms with Gasteiger partial charge in [-0.1, -0.05) is 41.9 Å². The first kappa shape index (κ1) is 55.5. The number of aliphatic hydroxyl groups excluding tert-OH is 1. The largest absolute Gasteiger partial charge is 0.449 e. The molecule has 7 rings (SSSR count). The van der Waals surface area contributed by atoms with Crippen molar-refractivity contribution in [2.75, 3.05) is 85.3 Å². The van der Waals surface area contributed by atoms with Crippen molar-refractivity contribution >= 4 is 51.2 Å². The van der Waals surface area contributed by atoms with Crippen LogP contribution in [0.2, 0.25) is 0 Å². The number of hydrogen-bond acceptors (Lipinski definition) is 15. The molecule has 12 atom stereocenters. The van der Waals surface area contributed by atoms with Gasteiger partial charge in [-0.15, -0.1) is 11.8 Å². The molecular weight excluding hydrogens is 958 g/mol. The third-order valence-corrected chi connectivity index (χ3v) is 19.1. The Morgan fingerprint density at radius 2 is 1.65 bits per heavy atom. The van der Waals surface area contributed by atoms with Gasteiger partial charge in [-0.05, 0) is 112 Å². The molecule has 6 aliphatic carbocycles. The smallest absolute Gasteiger partial charge is 0.409 e. The molecule has 3 unspecified atom stereocenters. The molecule has 3 N–H and O–H groups in total. The van der Waals surface area contributed by atoms with Crippen molar-refractivity contribution in [1.82, 2.24) is 15.5 Å². The summed E-state index contributed by atoms with van der Waals surface area (Å²) < 4.78 is 57.2. The number of nitrogens with zero attached hydrogens (tertiary/aromatic N) is 1. The number of amides is 3. The molecule has 5 fully saturated rings. The Balaban J connectivity index is 0.722. The van der Waals surface area contributed by atoms with E-state index >= 15 is 4.39 Å². The summed E-state index contributed by atoms with van der Waals surface area (Å²) >= 11 is 0. The highest BCUT2D eigenvalue weighted by atomic mass is 33.1. The molecular formula is C52H76FN3O13S2. The van der Waals surface area contributed by atoms with E-state index in [9.17, 15) is 29.1 Å². The lowest BCUT2D eigenvalue weighted by Crippen LogP contribution is -2.64. The van der Waals surface area contributed by atoms with Gasteiger partial charge in [-0.2, -0.15) is 0 Å². The third-order valence-electron chi connectivity index (χ3n) is 15.8. The van der Waals surface area contributed by atoms with Gasteiger partial charge in [-0.25, -0.2) is 14.0 Å². The minimum absolute atomic E-state index is 0.0921. The van der Waals surface area contributed by atoms with Crippen molar-refractivity contribution in [3.8, 4) is 11.8 Å². The van der Waals surface area contributed by atoms with Crippen molar-refractivity contribution in [2.45, 2.75) is 133 Å². The molecule has 0 aromatic rings. The van der Waals surface area contributed by atoms with Crippen LogP contribution in [0.15, 0.2) is 23.8 Å². The van der Waals surface area contributed by atoms with Crippen LogP contribution in [-0.2, 0) is 47.5 Å². The minimum atomic E-state index is -1.95. The number of carbonyl (C=O) groups is 5. The lowest BCUT2D eigenvalue weighted by atomic mass is 9.49. The van der Waals surface area contributed by atoms with Crippen LogP contribution in [0.5, 0.6) is 0 Å². The van der Waals surface area contributed by atoms with Crippen molar-refractivity contribution < 1.29 is 66.6 Å². The SMILES string of the molecule is CCCC1O[C@@H]2CC3[C@@H]4CCC5=CC(=O)C=C[C@]5(F)C4[C@@H](O)C[C@]3(C)[C@]2(C(=O)COC(=O)N(C)CCSSC(C)(C)CC(=O)NCCOCCOCCOCCNC(=O)OC[C@@H]2[C@@H]3CCC#CCC[C@@H]32)O1. The molecule has 0 aromatic heterocycles. The number of hydrogen-bond donors (Lipinski definition) is 3. The number of aliphatic hydroxyl groups is 1. The third kappa shape index (κ3) is 13.2. The van der Waals surface area contributed by atoms with Crippen molar-refractivity contribution in [2.24, 2.45) is 40.9 Å². The Kier molecular flexibility index (Phi) is 19.5. The van der Waals surface area contributed by atoms with Gasteiger partial charge in [-0.3, -0.25) is 14.4 Å². The summed E-state index contributed by atoms with van der Waals surface area (Å²) in [5.74, 6) is 6.61. The van der Waals surface area contributed by atoms with E-state index in [0.717, 1.165) is 32.1 Å². The number of ether oxygens (including phenoxy) is 7. The summed E-state index contributed by atoms with van der Waals surface area (Å²) in [4.78, 5) is 66.1. The van der Waals surface area contributed by atoms with E-state index in [1.807, 2.05) is 27.7 Å². The summed E-state index contributed by atoms with van der Waals surface area (Å²) in [6.45, 7) is 11.1. The Hall–Kier alpha value is -3.22. The molecule has 71 heavy (non-hydrogen) atoms. The van der Waals surface area contributed by atoms with Gasteiger partial charge in [0.15, 0.2) is 29.9 Å². The fraction of sp³-hybridized carbons (Fsp3) is 0.788. The molecule has 16 nitrogen and oxygen atoms in total. The normalized spacial score (nSPS) is 33.3. The standard InChI is InChI=1S/C52H76FN3O13S2/c1-6-11-45-68-43-29-40-38-15-14-34-28-35(57)16-17-51(34,53)46(38)41(58)30-50(40,4)52(43,69-45)42(59)33-67-48(62)56(5)20-27-70-71-49(2,3)31-44(60)54-18-21-63-23-25-65-26-24-64-22-19-55-47(61)66-32-39-36-12-9-7-8-10-13-37(36)39/h16-17,28,36-41,43,45-46,58H,6,9-15,18-27,29-33H2,1-5H3,(H,54,60)(H,55,61)/t36-,37+,38-,39-,40?,41-,43+,45?,46?,50-,51+,52+/m0/s1. The van der Waals surface area contributed by atoms with E-state index in [2.05, 4.69) is 22.5 Å². The second kappa shape index (κ2) is 24.9. The van der Waals surface area contributed by atoms with Crippen LogP contribution in [0.3, 0.4) is 0 Å². The maximum atomic E-state index is 16.9. The summed E-state index contributed by atoms with van der Waals surface area (Å²) in [6.07, 6.45) is 7.58. The van der Waals surface area contributed by atoms with E-state index < -0.39 is 70.4 Å². The number of fused-ring (bicyclic) bond motifs is 8. The number of allylic oxidation sites excluding steroid dienone is 4. The number of nitrogens with one attached hydrogen (secondary N) is 2. The van der Waals surface area contributed by atoms with E-state index in [0.29, 0.717) is 121 Å².